The summed E-state index contributed by atoms with van der Waals surface area (Å²) in [4.78, 5) is 33.1. The molecule has 0 spiro atoms. The van der Waals surface area contributed by atoms with Gasteiger partial charge >= 0.3 is 0 Å². The van der Waals surface area contributed by atoms with Crippen molar-refractivity contribution in [3.63, 3.8) is 0 Å². The van der Waals surface area contributed by atoms with Gasteiger partial charge in [0.25, 0.3) is 0 Å². The zero-order chi connectivity index (χ0) is 17.8. The van der Waals surface area contributed by atoms with Crippen LogP contribution in [-0.2, 0) is 11.2 Å². The molecular formula is C17H18N8O. The number of rotatable bonds is 4. The number of anilines is 1. The summed E-state index contributed by atoms with van der Waals surface area (Å²) in [6, 6.07) is 5.65. The zero-order valence-electron chi connectivity index (χ0n) is 14.1. The fourth-order valence-electron chi connectivity index (χ4n) is 2.94. The summed E-state index contributed by atoms with van der Waals surface area (Å²) in [6.07, 6.45) is 8.42. The van der Waals surface area contributed by atoms with Crippen LogP contribution < -0.4 is 4.90 Å². The number of hydrogen-bond acceptors (Lipinski definition) is 7. The van der Waals surface area contributed by atoms with Gasteiger partial charge in [-0.2, -0.15) is 5.10 Å². The SMILES string of the molecule is O=C(Cc1cccnc1)N1CCN(c2cc(-n3cncn3)ncn2)CC1. The van der Waals surface area contributed by atoms with E-state index in [4.69, 9.17) is 0 Å². The van der Waals surface area contributed by atoms with E-state index < -0.39 is 0 Å². The van der Waals surface area contributed by atoms with Crippen LogP contribution in [0.2, 0.25) is 0 Å². The van der Waals surface area contributed by atoms with Crippen LogP contribution in [0.1, 0.15) is 5.56 Å². The quantitative estimate of drug-likeness (QED) is 0.670. The molecule has 132 valence electrons. The Bertz CT molecular complexity index is 859. The highest BCUT2D eigenvalue weighted by Gasteiger charge is 2.22. The summed E-state index contributed by atoms with van der Waals surface area (Å²) >= 11 is 0. The zero-order valence-corrected chi connectivity index (χ0v) is 14.1. The van der Waals surface area contributed by atoms with Gasteiger partial charge in [0.1, 0.15) is 24.8 Å². The molecule has 0 aliphatic carbocycles. The van der Waals surface area contributed by atoms with Crippen molar-refractivity contribution in [2.45, 2.75) is 6.42 Å². The van der Waals surface area contributed by atoms with Gasteiger partial charge in [-0.15, -0.1) is 0 Å². The smallest absolute Gasteiger partial charge is 0.227 e. The molecule has 3 aromatic heterocycles. The van der Waals surface area contributed by atoms with E-state index in [1.807, 2.05) is 23.1 Å². The molecule has 26 heavy (non-hydrogen) atoms. The first-order valence-electron chi connectivity index (χ1n) is 8.38. The Morgan fingerprint density at radius 2 is 1.88 bits per heavy atom. The maximum absolute atomic E-state index is 12.5. The predicted molar refractivity (Wildman–Crippen MR) is 93.7 cm³/mol. The van der Waals surface area contributed by atoms with E-state index in [9.17, 15) is 4.79 Å². The molecule has 0 unspecified atom stereocenters. The van der Waals surface area contributed by atoms with Crippen LogP contribution in [0.3, 0.4) is 0 Å². The molecule has 1 fully saturated rings. The van der Waals surface area contributed by atoms with Crippen molar-refractivity contribution >= 4 is 11.7 Å². The van der Waals surface area contributed by atoms with Crippen LogP contribution >= 0.6 is 0 Å². The monoisotopic (exact) mass is 350 g/mol. The highest BCUT2D eigenvalue weighted by Crippen LogP contribution is 2.16. The summed E-state index contributed by atoms with van der Waals surface area (Å²) in [5.74, 6) is 1.62. The first-order chi connectivity index (χ1) is 12.8. The number of piperazine rings is 1. The normalized spacial score (nSPS) is 14.5. The average molecular weight is 350 g/mol. The molecule has 0 aromatic carbocycles. The lowest BCUT2D eigenvalue weighted by molar-refractivity contribution is -0.130. The Morgan fingerprint density at radius 3 is 2.62 bits per heavy atom. The van der Waals surface area contributed by atoms with Gasteiger partial charge in [0.2, 0.25) is 5.91 Å². The van der Waals surface area contributed by atoms with Crippen LogP contribution in [0.5, 0.6) is 0 Å². The molecular weight excluding hydrogens is 332 g/mol. The molecule has 3 aromatic rings. The summed E-state index contributed by atoms with van der Waals surface area (Å²) in [7, 11) is 0. The summed E-state index contributed by atoms with van der Waals surface area (Å²) < 4.78 is 1.60. The van der Waals surface area contributed by atoms with Gasteiger partial charge in [0, 0.05) is 44.6 Å². The second-order valence-corrected chi connectivity index (χ2v) is 5.98. The second-order valence-electron chi connectivity index (χ2n) is 5.98. The highest BCUT2D eigenvalue weighted by atomic mass is 16.2. The van der Waals surface area contributed by atoms with E-state index in [1.54, 1.807) is 23.4 Å². The van der Waals surface area contributed by atoms with Gasteiger partial charge in [-0.1, -0.05) is 6.07 Å². The number of carbonyl (C=O) groups is 1. The fourth-order valence-corrected chi connectivity index (χ4v) is 2.94. The Kier molecular flexibility index (Phi) is 4.50. The van der Waals surface area contributed by atoms with Gasteiger partial charge in [0.15, 0.2) is 5.82 Å². The third-order valence-electron chi connectivity index (χ3n) is 4.33. The van der Waals surface area contributed by atoms with Crippen LogP contribution in [0, 0.1) is 0 Å². The largest absolute Gasteiger partial charge is 0.353 e. The van der Waals surface area contributed by atoms with E-state index >= 15 is 0 Å². The highest BCUT2D eigenvalue weighted by molar-refractivity contribution is 5.79. The lowest BCUT2D eigenvalue weighted by atomic mass is 10.2. The molecule has 0 bridgehead atoms. The topological polar surface area (TPSA) is 92.9 Å². The minimum absolute atomic E-state index is 0.128. The molecule has 1 amide bonds. The van der Waals surface area contributed by atoms with Crippen molar-refractivity contribution in [1.82, 2.24) is 34.6 Å². The molecule has 1 aliphatic rings. The number of carbonyl (C=O) groups excluding carboxylic acids is 1. The summed E-state index contributed by atoms with van der Waals surface area (Å²) in [5, 5.41) is 4.09. The van der Waals surface area contributed by atoms with Gasteiger partial charge in [-0.25, -0.2) is 19.6 Å². The number of amides is 1. The van der Waals surface area contributed by atoms with Gasteiger partial charge in [0.05, 0.1) is 6.42 Å². The van der Waals surface area contributed by atoms with E-state index in [1.165, 1.54) is 12.7 Å². The van der Waals surface area contributed by atoms with Gasteiger partial charge in [-0.3, -0.25) is 9.78 Å². The Labute approximate surface area is 150 Å². The Morgan fingerprint density at radius 1 is 1.04 bits per heavy atom. The van der Waals surface area contributed by atoms with E-state index in [2.05, 4.69) is 29.9 Å². The summed E-state index contributed by atoms with van der Waals surface area (Å²) in [5.41, 5.74) is 0.938. The molecule has 0 atom stereocenters. The van der Waals surface area contributed by atoms with E-state index in [0.29, 0.717) is 25.3 Å². The lowest BCUT2D eigenvalue weighted by Crippen LogP contribution is -2.49. The Balaban J connectivity index is 1.38. The average Bonchev–Trinajstić information content (AvgIpc) is 3.24. The van der Waals surface area contributed by atoms with Crippen LogP contribution in [0.4, 0.5) is 5.82 Å². The van der Waals surface area contributed by atoms with E-state index in [-0.39, 0.29) is 5.91 Å². The molecule has 9 nitrogen and oxygen atoms in total. The van der Waals surface area contributed by atoms with Crippen molar-refractivity contribution < 1.29 is 4.79 Å². The van der Waals surface area contributed by atoms with Crippen molar-refractivity contribution in [2.75, 3.05) is 31.1 Å². The number of pyridine rings is 1. The maximum atomic E-state index is 12.5. The van der Waals surface area contributed by atoms with Crippen LogP contribution in [0.15, 0.2) is 49.6 Å². The van der Waals surface area contributed by atoms with Crippen LogP contribution in [-0.4, -0.2) is 66.7 Å². The first kappa shape index (κ1) is 16.1. The summed E-state index contributed by atoms with van der Waals surface area (Å²) in [6.45, 7) is 2.79. The van der Waals surface area contributed by atoms with Gasteiger partial charge in [-0.05, 0) is 11.6 Å². The predicted octanol–water partition coefficient (Wildman–Crippen LogP) is 0.344. The van der Waals surface area contributed by atoms with Crippen molar-refractivity contribution in [1.29, 1.82) is 0 Å². The minimum Gasteiger partial charge on any atom is -0.353 e. The molecule has 4 heterocycles. The molecule has 0 N–H and O–H groups in total. The van der Waals surface area contributed by atoms with Gasteiger partial charge < -0.3 is 9.80 Å². The number of nitrogens with zero attached hydrogens (tertiary/aromatic N) is 8. The molecule has 1 saturated heterocycles. The molecule has 4 rings (SSSR count). The third kappa shape index (κ3) is 3.51. The van der Waals surface area contributed by atoms with Crippen molar-refractivity contribution in [3.8, 4) is 5.82 Å². The maximum Gasteiger partial charge on any atom is 0.227 e. The molecule has 0 saturated carbocycles. The fraction of sp³-hybridized carbons (Fsp3) is 0.294. The lowest BCUT2D eigenvalue weighted by Gasteiger charge is -2.35. The standard InChI is InChI=1S/C17H18N8O/c26-17(8-14-2-1-3-18-10-14)24-6-4-23(5-7-24)15-9-16(21-12-20-15)25-13-19-11-22-25/h1-3,9-13H,4-8H2. The number of hydrogen-bond donors (Lipinski definition) is 0. The van der Waals surface area contributed by atoms with Crippen molar-refractivity contribution in [3.05, 3.63) is 55.1 Å². The van der Waals surface area contributed by atoms with Crippen molar-refractivity contribution in [2.24, 2.45) is 0 Å². The Hall–Kier alpha value is -3.36. The molecule has 1 aliphatic heterocycles. The number of aromatic nitrogens is 6. The minimum atomic E-state index is 0.128. The first-order valence-corrected chi connectivity index (χ1v) is 8.38. The van der Waals surface area contributed by atoms with Crippen LogP contribution in [0.25, 0.3) is 5.82 Å². The molecule has 0 radical (unpaired) electrons. The third-order valence-corrected chi connectivity index (χ3v) is 4.33. The molecule has 9 heteroatoms. The second kappa shape index (κ2) is 7.26. The van der Waals surface area contributed by atoms with E-state index in [0.717, 1.165) is 24.5 Å².